The topological polar surface area (TPSA) is 56.3 Å². The fraction of sp³-hybridized carbons (Fsp3) is 0.500. The summed E-state index contributed by atoms with van der Waals surface area (Å²) in [4.78, 5) is 17.8. The number of hydrogen-bond acceptors (Lipinski definition) is 3. The number of aryl methyl sites for hydroxylation is 1. The molecule has 2 aromatic rings. The minimum Gasteiger partial charge on any atom is -0.396 e. The molecule has 2 N–H and O–H groups in total. The average molecular weight is 300 g/mol. The van der Waals surface area contributed by atoms with E-state index >= 15 is 0 Å². The van der Waals surface area contributed by atoms with Crippen molar-refractivity contribution in [2.24, 2.45) is 0 Å². The van der Waals surface area contributed by atoms with Crippen molar-refractivity contribution in [3.63, 3.8) is 0 Å². The van der Waals surface area contributed by atoms with Crippen LogP contribution in [0, 0.1) is 6.92 Å². The van der Waals surface area contributed by atoms with Gasteiger partial charge in [-0.15, -0.1) is 0 Å². The first-order chi connectivity index (χ1) is 10.7. The van der Waals surface area contributed by atoms with Crippen LogP contribution in [0.4, 0.5) is 0 Å². The molecule has 4 heteroatoms. The van der Waals surface area contributed by atoms with Crippen molar-refractivity contribution in [1.82, 2.24) is 9.88 Å². The van der Waals surface area contributed by atoms with Crippen molar-refractivity contribution in [3.05, 3.63) is 45.9 Å². The van der Waals surface area contributed by atoms with Gasteiger partial charge >= 0.3 is 0 Å². The third-order valence-corrected chi connectivity index (χ3v) is 4.79. The smallest absolute Gasteiger partial charge is 0.256 e. The average Bonchev–Trinajstić information content (AvgIpc) is 2.54. The maximum absolute atomic E-state index is 12.3. The highest BCUT2D eigenvalue weighted by molar-refractivity contribution is 5.85. The monoisotopic (exact) mass is 300 g/mol. The van der Waals surface area contributed by atoms with Crippen LogP contribution in [0.2, 0.25) is 0 Å². The predicted octanol–water partition coefficient (Wildman–Crippen LogP) is 2.40. The van der Waals surface area contributed by atoms with Crippen LogP contribution in [-0.2, 0) is 0 Å². The normalized spacial score (nSPS) is 17.2. The van der Waals surface area contributed by atoms with Crippen molar-refractivity contribution in [3.8, 4) is 0 Å². The number of fused-ring (bicyclic) bond motifs is 1. The Hall–Kier alpha value is -1.65. The summed E-state index contributed by atoms with van der Waals surface area (Å²) in [5.41, 5.74) is 2.26. The number of aromatic amines is 1. The molecule has 3 rings (SSSR count). The minimum atomic E-state index is 0.0268. The van der Waals surface area contributed by atoms with E-state index in [4.69, 9.17) is 5.11 Å². The molecule has 0 amide bonds. The second kappa shape index (κ2) is 6.63. The number of aromatic nitrogens is 1. The summed E-state index contributed by atoms with van der Waals surface area (Å²) in [6.45, 7) is 5.37. The van der Waals surface area contributed by atoms with Crippen LogP contribution in [0.3, 0.4) is 0 Å². The number of nitrogens with zero attached hydrogens (tertiary/aromatic N) is 1. The van der Waals surface area contributed by atoms with Gasteiger partial charge in [0.15, 0.2) is 0 Å². The number of rotatable bonds is 4. The lowest BCUT2D eigenvalue weighted by Crippen LogP contribution is -2.34. The lowest BCUT2D eigenvalue weighted by molar-refractivity contribution is 0.186. The fourth-order valence-electron chi connectivity index (χ4n) is 3.44. The molecule has 22 heavy (non-hydrogen) atoms. The van der Waals surface area contributed by atoms with E-state index in [1.54, 1.807) is 0 Å². The van der Waals surface area contributed by atoms with Crippen LogP contribution in [0.15, 0.2) is 29.1 Å². The second-order valence-electron chi connectivity index (χ2n) is 6.28. The molecule has 2 heterocycles. The van der Waals surface area contributed by atoms with Gasteiger partial charge in [-0.2, -0.15) is 0 Å². The first-order valence-electron chi connectivity index (χ1n) is 8.15. The number of aliphatic hydroxyl groups excluding tert-OH is 1. The van der Waals surface area contributed by atoms with Gasteiger partial charge < -0.3 is 15.0 Å². The second-order valence-corrected chi connectivity index (χ2v) is 6.28. The molecule has 1 saturated heterocycles. The summed E-state index contributed by atoms with van der Waals surface area (Å²) >= 11 is 0. The molecule has 1 aliphatic rings. The van der Waals surface area contributed by atoms with Crippen molar-refractivity contribution in [2.75, 3.05) is 26.2 Å². The Morgan fingerprint density at radius 1 is 1.27 bits per heavy atom. The molecule has 1 aromatic heterocycles. The van der Waals surface area contributed by atoms with Crippen molar-refractivity contribution in [1.29, 1.82) is 0 Å². The molecule has 118 valence electrons. The largest absolute Gasteiger partial charge is 0.396 e. The van der Waals surface area contributed by atoms with Crippen molar-refractivity contribution in [2.45, 2.75) is 32.1 Å². The van der Waals surface area contributed by atoms with Crippen molar-refractivity contribution >= 4 is 10.8 Å². The Balaban J connectivity index is 1.80. The zero-order valence-electron chi connectivity index (χ0n) is 13.1. The van der Waals surface area contributed by atoms with E-state index in [-0.39, 0.29) is 12.2 Å². The van der Waals surface area contributed by atoms with Crippen LogP contribution in [-0.4, -0.2) is 41.2 Å². The van der Waals surface area contributed by atoms with Gasteiger partial charge in [-0.1, -0.05) is 12.1 Å². The van der Waals surface area contributed by atoms with Gasteiger partial charge in [0.2, 0.25) is 0 Å². The maximum atomic E-state index is 12.3. The van der Waals surface area contributed by atoms with Crippen LogP contribution in [0.25, 0.3) is 10.8 Å². The predicted molar refractivity (Wildman–Crippen MR) is 89.4 cm³/mol. The summed E-state index contributed by atoms with van der Waals surface area (Å²) < 4.78 is 0. The number of hydrogen-bond donors (Lipinski definition) is 2. The molecular weight excluding hydrogens is 276 g/mol. The lowest BCUT2D eigenvalue weighted by atomic mass is 9.91. The van der Waals surface area contributed by atoms with E-state index in [1.807, 2.05) is 12.1 Å². The van der Waals surface area contributed by atoms with Crippen LogP contribution >= 0.6 is 0 Å². The maximum Gasteiger partial charge on any atom is 0.256 e. The standard InChI is InChI=1S/C18H24N2O2/c1-13-4-2-5-15-16(13)12-17(19-18(15)22)14-6-9-20(10-7-14)8-3-11-21/h2,4-5,12,14,21H,3,6-11H2,1H3,(H,19,22). The number of likely N-dealkylation sites (tertiary alicyclic amines) is 1. The van der Waals surface area contributed by atoms with Gasteiger partial charge in [-0.05, 0) is 62.4 Å². The number of pyridine rings is 1. The van der Waals surface area contributed by atoms with Gasteiger partial charge in [0.1, 0.15) is 0 Å². The number of nitrogens with one attached hydrogen (secondary N) is 1. The first-order valence-corrected chi connectivity index (χ1v) is 8.15. The molecule has 0 unspecified atom stereocenters. The fourth-order valence-corrected chi connectivity index (χ4v) is 3.44. The van der Waals surface area contributed by atoms with Gasteiger partial charge in [-0.25, -0.2) is 0 Å². The summed E-state index contributed by atoms with van der Waals surface area (Å²) in [6.07, 6.45) is 2.98. The Labute approximate surface area is 130 Å². The summed E-state index contributed by atoms with van der Waals surface area (Å²) in [5, 5.41) is 10.8. The molecule has 0 atom stereocenters. The van der Waals surface area contributed by atoms with Crippen LogP contribution in [0.5, 0.6) is 0 Å². The molecule has 0 saturated carbocycles. The van der Waals surface area contributed by atoms with Crippen LogP contribution in [0.1, 0.15) is 36.4 Å². The van der Waals surface area contributed by atoms with E-state index in [0.29, 0.717) is 5.92 Å². The molecular formula is C18H24N2O2. The molecule has 4 nitrogen and oxygen atoms in total. The van der Waals surface area contributed by atoms with E-state index in [2.05, 4.69) is 28.9 Å². The highest BCUT2D eigenvalue weighted by atomic mass is 16.3. The van der Waals surface area contributed by atoms with Gasteiger partial charge in [0, 0.05) is 30.1 Å². The lowest BCUT2D eigenvalue weighted by Gasteiger charge is -2.31. The van der Waals surface area contributed by atoms with Gasteiger partial charge in [0.05, 0.1) is 0 Å². The number of aliphatic hydroxyl groups is 1. The van der Waals surface area contributed by atoms with Crippen LogP contribution < -0.4 is 5.56 Å². The quantitative estimate of drug-likeness (QED) is 0.911. The third kappa shape index (κ3) is 3.08. The first kappa shape index (κ1) is 15.3. The molecule has 0 bridgehead atoms. The number of piperidine rings is 1. The summed E-state index contributed by atoms with van der Waals surface area (Å²) in [5.74, 6) is 0.432. The molecule has 0 spiro atoms. The molecule has 1 aromatic carbocycles. The highest BCUT2D eigenvalue weighted by Crippen LogP contribution is 2.28. The Bertz CT molecular complexity index is 700. The van der Waals surface area contributed by atoms with E-state index in [1.165, 1.54) is 0 Å². The molecule has 0 aliphatic carbocycles. The highest BCUT2D eigenvalue weighted by Gasteiger charge is 2.21. The molecule has 1 aliphatic heterocycles. The Morgan fingerprint density at radius 3 is 2.77 bits per heavy atom. The Morgan fingerprint density at radius 2 is 2.05 bits per heavy atom. The summed E-state index contributed by atoms with van der Waals surface area (Å²) in [7, 11) is 0. The number of H-pyrrole nitrogens is 1. The Kier molecular flexibility index (Phi) is 4.60. The zero-order valence-corrected chi connectivity index (χ0v) is 13.1. The SMILES string of the molecule is Cc1cccc2c(=O)[nH]c(C3CCN(CCCO)CC3)cc12. The van der Waals surface area contributed by atoms with Gasteiger partial charge in [-0.3, -0.25) is 4.79 Å². The molecule has 1 fully saturated rings. The van der Waals surface area contributed by atoms with Crippen molar-refractivity contribution < 1.29 is 5.11 Å². The van der Waals surface area contributed by atoms with E-state index in [0.717, 1.165) is 60.9 Å². The summed E-state index contributed by atoms with van der Waals surface area (Å²) in [6, 6.07) is 8.05. The van der Waals surface area contributed by atoms with Gasteiger partial charge in [0.25, 0.3) is 5.56 Å². The zero-order chi connectivity index (χ0) is 15.5. The van der Waals surface area contributed by atoms with E-state index in [9.17, 15) is 4.79 Å². The number of benzene rings is 1. The van der Waals surface area contributed by atoms with E-state index < -0.39 is 0 Å². The molecule has 0 radical (unpaired) electrons. The minimum absolute atomic E-state index is 0.0268. The third-order valence-electron chi connectivity index (χ3n) is 4.79.